The Bertz CT molecular complexity index is 466. The lowest BCUT2D eigenvalue weighted by molar-refractivity contribution is 0.316. The van der Waals surface area contributed by atoms with Crippen molar-refractivity contribution < 1.29 is 9.84 Å². The third-order valence-electron chi connectivity index (χ3n) is 5.37. The summed E-state index contributed by atoms with van der Waals surface area (Å²) in [6.07, 6.45) is 0. The van der Waals surface area contributed by atoms with Crippen LogP contribution in [0, 0.1) is 16.7 Å². The van der Waals surface area contributed by atoms with Crippen molar-refractivity contribution in [2.75, 3.05) is 13.2 Å². The average molecular weight is 277 g/mol. The number of rotatable bonds is 6. The molecule has 0 atom stereocenters. The van der Waals surface area contributed by atoms with E-state index in [1.807, 2.05) is 19.1 Å². The normalized spacial score (nSPS) is 19.9. The second-order valence-corrected chi connectivity index (χ2v) is 6.82. The summed E-state index contributed by atoms with van der Waals surface area (Å²) in [5.74, 6) is 1.52. The largest absolute Gasteiger partial charge is 0.504 e. The smallest absolute Gasteiger partial charge is 0.162 e. The number of phenols is 1. The van der Waals surface area contributed by atoms with Gasteiger partial charge >= 0.3 is 0 Å². The van der Waals surface area contributed by atoms with Crippen molar-refractivity contribution >= 4 is 0 Å². The molecule has 20 heavy (non-hydrogen) atoms. The van der Waals surface area contributed by atoms with E-state index in [4.69, 9.17) is 4.74 Å². The Kier molecular flexibility index (Phi) is 4.01. The van der Waals surface area contributed by atoms with Gasteiger partial charge in [0.05, 0.1) is 6.61 Å². The minimum Gasteiger partial charge on any atom is -0.504 e. The van der Waals surface area contributed by atoms with E-state index in [0.717, 1.165) is 12.1 Å². The zero-order valence-corrected chi connectivity index (χ0v) is 13.3. The quantitative estimate of drug-likeness (QED) is 0.835. The number of nitrogens with one attached hydrogen (secondary N) is 1. The highest BCUT2D eigenvalue weighted by atomic mass is 16.5. The molecule has 1 saturated carbocycles. The zero-order valence-electron chi connectivity index (χ0n) is 13.3. The molecule has 0 aliphatic heterocycles. The van der Waals surface area contributed by atoms with Gasteiger partial charge in [0.15, 0.2) is 11.5 Å². The predicted octanol–water partition coefficient (Wildman–Crippen LogP) is 3.56. The molecule has 1 fully saturated rings. The lowest BCUT2D eigenvalue weighted by Crippen LogP contribution is -2.19. The van der Waals surface area contributed by atoms with Crippen molar-refractivity contribution in [1.29, 1.82) is 0 Å². The Balaban J connectivity index is 1.91. The van der Waals surface area contributed by atoms with Gasteiger partial charge in [0.1, 0.15) is 0 Å². The van der Waals surface area contributed by atoms with Gasteiger partial charge in [-0.25, -0.2) is 0 Å². The number of hydrogen-bond acceptors (Lipinski definition) is 3. The number of benzene rings is 1. The van der Waals surface area contributed by atoms with Crippen molar-refractivity contribution in [2.24, 2.45) is 16.7 Å². The molecule has 0 spiro atoms. The third kappa shape index (κ3) is 2.51. The number of aromatic hydroxyl groups is 1. The summed E-state index contributed by atoms with van der Waals surface area (Å²) in [4.78, 5) is 0. The highest BCUT2D eigenvalue weighted by molar-refractivity contribution is 5.45. The molecule has 0 unspecified atom stereocenters. The molecule has 0 heterocycles. The molecule has 1 aliphatic rings. The fraction of sp³-hybridized carbons (Fsp3) is 0.647. The first-order valence-corrected chi connectivity index (χ1v) is 7.46. The molecule has 2 N–H and O–H groups in total. The summed E-state index contributed by atoms with van der Waals surface area (Å²) in [5.41, 5.74) is 1.69. The Morgan fingerprint density at radius 1 is 1.20 bits per heavy atom. The molecule has 1 aliphatic carbocycles. The van der Waals surface area contributed by atoms with Crippen LogP contribution in [0.5, 0.6) is 11.5 Å². The van der Waals surface area contributed by atoms with Crippen LogP contribution in [-0.2, 0) is 6.54 Å². The van der Waals surface area contributed by atoms with E-state index in [9.17, 15) is 5.11 Å². The summed E-state index contributed by atoms with van der Waals surface area (Å²) in [6.45, 7) is 13.4. The second-order valence-electron chi connectivity index (χ2n) is 6.82. The van der Waals surface area contributed by atoms with Crippen molar-refractivity contribution in [3.8, 4) is 11.5 Å². The van der Waals surface area contributed by atoms with Crippen molar-refractivity contribution in [2.45, 2.75) is 41.2 Å². The van der Waals surface area contributed by atoms with Gasteiger partial charge in [-0.2, -0.15) is 0 Å². The molecule has 3 nitrogen and oxygen atoms in total. The van der Waals surface area contributed by atoms with Gasteiger partial charge in [-0.15, -0.1) is 0 Å². The molecule has 1 aromatic carbocycles. The molecule has 0 bridgehead atoms. The molecule has 112 valence electrons. The van der Waals surface area contributed by atoms with Crippen LogP contribution in [0.3, 0.4) is 0 Å². The van der Waals surface area contributed by atoms with Crippen LogP contribution < -0.4 is 10.1 Å². The third-order valence-corrected chi connectivity index (χ3v) is 5.37. The second kappa shape index (κ2) is 5.28. The van der Waals surface area contributed by atoms with Crippen LogP contribution >= 0.6 is 0 Å². The van der Waals surface area contributed by atoms with Crippen molar-refractivity contribution in [3.63, 3.8) is 0 Å². The number of hydrogen-bond donors (Lipinski definition) is 2. The van der Waals surface area contributed by atoms with Gasteiger partial charge in [0.2, 0.25) is 0 Å². The lowest BCUT2D eigenvalue weighted by Gasteiger charge is -2.11. The number of phenolic OH excluding ortho intramolecular Hbond substituents is 1. The molecular weight excluding hydrogens is 250 g/mol. The summed E-state index contributed by atoms with van der Waals surface area (Å²) < 4.78 is 5.41. The van der Waals surface area contributed by atoms with E-state index in [1.54, 1.807) is 6.07 Å². The summed E-state index contributed by atoms with van der Waals surface area (Å²) in [7, 11) is 0. The maximum Gasteiger partial charge on any atom is 0.162 e. The molecule has 0 saturated heterocycles. The molecule has 3 heteroatoms. The van der Waals surface area contributed by atoms with E-state index in [0.29, 0.717) is 35.6 Å². The van der Waals surface area contributed by atoms with Crippen molar-refractivity contribution in [3.05, 3.63) is 23.8 Å². The first-order chi connectivity index (χ1) is 9.32. The van der Waals surface area contributed by atoms with Crippen LogP contribution in [0.15, 0.2) is 18.2 Å². The monoisotopic (exact) mass is 277 g/mol. The first kappa shape index (κ1) is 15.2. The van der Waals surface area contributed by atoms with Crippen LogP contribution in [0.4, 0.5) is 0 Å². The van der Waals surface area contributed by atoms with Crippen LogP contribution in [0.25, 0.3) is 0 Å². The van der Waals surface area contributed by atoms with Gasteiger partial charge in [-0.3, -0.25) is 0 Å². The van der Waals surface area contributed by atoms with Crippen LogP contribution in [-0.4, -0.2) is 18.3 Å². The topological polar surface area (TPSA) is 41.5 Å². The Morgan fingerprint density at radius 2 is 1.85 bits per heavy atom. The molecule has 0 radical (unpaired) electrons. The first-order valence-electron chi connectivity index (χ1n) is 7.46. The van der Waals surface area contributed by atoms with Crippen LogP contribution in [0.1, 0.15) is 40.2 Å². The van der Waals surface area contributed by atoms with Crippen LogP contribution in [0.2, 0.25) is 0 Å². The summed E-state index contributed by atoms with van der Waals surface area (Å²) in [5, 5.41) is 13.6. The number of para-hydroxylation sites is 1. The van der Waals surface area contributed by atoms with E-state index in [-0.39, 0.29) is 5.75 Å². The Hall–Kier alpha value is -1.22. The maximum absolute atomic E-state index is 10.1. The average Bonchev–Trinajstić information content (AvgIpc) is 2.76. The van der Waals surface area contributed by atoms with E-state index < -0.39 is 0 Å². The Labute approximate surface area is 122 Å². The SMILES string of the molecule is CCOc1cccc(CNCC2C(C)(C)C2(C)C)c1O. The molecule has 2 rings (SSSR count). The fourth-order valence-corrected chi connectivity index (χ4v) is 3.18. The van der Waals surface area contributed by atoms with E-state index in [1.165, 1.54) is 0 Å². The highest BCUT2D eigenvalue weighted by Crippen LogP contribution is 2.67. The highest BCUT2D eigenvalue weighted by Gasteiger charge is 2.63. The minimum atomic E-state index is 0.260. The maximum atomic E-state index is 10.1. The van der Waals surface area contributed by atoms with Gasteiger partial charge in [-0.05, 0) is 36.3 Å². The molecule has 1 aromatic rings. The standard InChI is InChI=1S/C17H27NO2/c1-6-20-13-9-7-8-12(15(13)19)10-18-11-14-16(2,3)17(14,4)5/h7-9,14,18-19H,6,10-11H2,1-5H3. The van der Waals surface area contributed by atoms with Gasteiger partial charge in [-0.1, -0.05) is 39.8 Å². The predicted molar refractivity (Wildman–Crippen MR) is 82.0 cm³/mol. The molecular formula is C17H27NO2. The molecule has 0 amide bonds. The fourth-order valence-electron chi connectivity index (χ4n) is 3.18. The zero-order chi connectivity index (χ0) is 15.0. The molecule has 0 aromatic heterocycles. The van der Waals surface area contributed by atoms with Gasteiger partial charge in [0, 0.05) is 12.1 Å². The van der Waals surface area contributed by atoms with E-state index >= 15 is 0 Å². The number of ether oxygens (including phenoxy) is 1. The summed E-state index contributed by atoms with van der Waals surface area (Å²) in [6, 6.07) is 5.66. The van der Waals surface area contributed by atoms with Gasteiger partial charge < -0.3 is 15.2 Å². The summed E-state index contributed by atoms with van der Waals surface area (Å²) >= 11 is 0. The van der Waals surface area contributed by atoms with Gasteiger partial charge in [0.25, 0.3) is 0 Å². The minimum absolute atomic E-state index is 0.260. The van der Waals surface area contributed by atoms with Crippen molar-refractivity contribution in [1.82, 2.24) is 5.32 Å². The Morgan fingerprint density at radius 3 is 2.40 bits per heavy atom. The van der Waals surface area contributed by atoms with E-state index in [2.05, 4.69) is 33.0 Å². The lowest BCUT2D eigenvalue weighted by atomic mass is 10.0.